The van der Waals surface area contributed by atoms with Crippen molar-refractivity contribution in [1.29, 1.82) is 0 Å². The Balaban J connectivity index is 2.19. The van der Waals surface area contributed by atoms with Crippen LogP contribution in [0.5, 0.6) is 0 Å². The number of benzene rings is 2. The predicted octanol–water partition coefficient (Wildman–Crippen LogP) is 3.53. The van der Waals surface area contributed by atoms with Crippen LogP contribution in [-0.4, -0.2) is 13.1 Å². The van der Waals surface area contributed by atoms with Crippen molar-refractivity contribution >= 4 is 11.7 Å². The van der Waals surface area contributed by atoms with E-state index in [9.17, 15) is 9.18 Å². The van der Waals surface area contributed by atoms with Crippen molar-refractivity contribution in [3.63, 3.8) is 0 Å². The molecule has 0 aliphatic heterocycles. The average Bonchev–Trinajstić information content (AvgIpc) is 2.47. The fourth-order valence-corrected chi connectivity index (χ4v) is 1.95. The number of aryl methyl sites for hydroxylation is 1. The SMILES string of the molecule is COC(=O)c1ccccc1NCc1cc(F)ccc1C. The number of nitrogens with one attached hydrogen (secondary N) is 1. The lowest BCUT2D eigenvalue weighted by Crippen LogP contribution is -2.08. The molecule has 0 unspecified atom stereocenters. The molecule has 2 aromatic carbocycles. The normalized spacial score (nSPS) is 10.2. The molecule has 2 aromatic rings. The van der Waals surface area contributed by atoms with Crippen molar-refractivity contribution in [3.05, 3.63) is 65.0 Å². The highest BCUT2D eigenvalue weighted by atomic mass is 19.1. The Morgan fingerprint density at radius 3 is 2.75 bits per heavy atom. The number of methoxy groups -OCH3 is 1. The Hall–Kier alpha value is -2.36. The number of carbonyl (C=O) groups excluding carboxylic acids is 1. The number of para-hydroxylation sites is 1. The Morgan fingerprint density at radius 1 is 1.25 bits per heavy atom. The summed E-state index contributed by atoms with van der Waals surface area (Å²) >= 11 is 0. The zero-order valence-corrected chi connectivity index (χ0v) is 11.4. The zero-order valence-electron chi connectivity index (χ0n) is 11.4. The molecule has 1 N–H and O–H groups in total. The second-order valence-corrected chi connectivity index (χ2v) is 4.46. The van der Waals surface area contributed by atoms with Gasteiger partial charge >= 0.3 is 5.97 Å². The van der Waals surface area contributed by atoms with Gasteiger partial charge in [-0.05, 0) is 42.3 Å². The van der Waals surface area contributed by atoms with Crippen LogP contribution in [0.4, 0.5) is 10.1 Å². The van der Waals surface area contributed by atoms with Crippen molar-refractivity contribution in [2.24, 2.45) is 0 Å². The lowest BCUT2D eigenvalue weighted by atomic mass is 10.1. The molecule has 0 saturated heterocycles. The van der Waals surface area contributed by atoms with Crippen molar-refractivity contribution in [2.45, 2.75) is 13.5 Å². The molecule has 0 aliphatic rings. The van der Waals surface area contributed by atoms with E-state index in [1.807, 2.05) is 13.0 Å². The molecule has 0 spiro atoms. The number of esters is 1. The highest BCUT2D eigenvalue weighted by Crippen LogP contribution is 2.18. The minimum Gasteiger partial charge on any atom is -0.465 e. The van der Waals surface area contributed by atoms with Crippen LogP contribution >= 0.6 is 0 Å². The van der Waals surface area contributed by atoms with Crippen molar-refractivity contribution in [2.75, 3.05) is 12.4 Å². The van der Waals surface area contributed by atoms with Gasteiger partial charge in [-0.15, -0.1) is 0 Å². The number of anilines is 1. The van der Waals surface area contributed by atoms with E-state index in [-0.39, 0.29) is 5.82 Å². The predicted molar refractivity (Wildman–Crippen MR) is 76.2 cm³/mol. The molecule has 0 atom stereocenters. The summed E-state index contributed by atoms with van der Waals surface area (Å²) < 4.78 is 18.0. The van der Waals surface area contributed by atoms with Gasteiger partial charge in [0.1, 0.15) is 5.82 Å². The van der Waals surface area contributed by atoms with E-state index in [0.717, 1.165) is 11.1 Å². The first-order valence-corrected chi connectivity index (χ1v) is 6.28. The third-order valence-corrected chi connectivity index (χ3v) is 3.11. The van der Waals surface area contributed by atoms with Crippen molar-refractivity contribution in [3.8, 4) is 0 Å². The van der Waals surface area contributed by atoms with E-state index in [4.69, 9.17) is 4.74 Å². The third-order valence-electron chi connectivity index (χ3n) is 3.11. The van der Waals surface area contributed by atoms with Crippen LogP contribution in [-0.2, 0) is 11.3 Å². The van der Waals surface area contributed by atoms with Crippen molar-refractivity contribution < 1.29 is 13.9 Å². The van der Waals surface area contributed by atoms with Gasteiger partial charge in [0, 0.05) is 12.2 Å². The molecule has 104 valence electrons. The maximum absolute atomic E-state index is 13.2. The molecule has 0 radical (unpaired) electrons. The highest BCUT2D eigenvalue weighted by Gasteiger charge is 2.10. The first-order chi connectivity index (χ1) is 9.61. The molecule has 20 heavy (non-hydrogen) atoms. The van der Waals surface area contributed by atoms with Gasteiger partial charge in [-0.3, -0.25) is 0 Å². The van der Waals surface area contributed by atoms with Gasteiger partial charge in [-0.1, -0.05) is 18.2 Å². The molecule has 0 aliphatic carbocycles. The van der Waals surface area contributed by atoms with Gasteiger partial charge in [-0.25, -0.2) is 9.18 Å². The van der Waals surface area contributed by atoms with Crippen LogP contribution in [0.15, 0.2) is 42.5 Å². The van der Waals surface area contributed by atoms with Gasteiger partial charge in [-0.2, -0.15) is 0 Å². The molecule has 0 heterocycles. The Kier molecular flexibility index (Phi) is 4.35. The molecule has 0 fully saturated rings. The van der Waals surface area contributed by atoms with Crippen molar-refractivity contribution in [1.82, 2.24) is 0 Å². The van der Waals surface area contributed by atoms with Crippen LogP contribution in [0, 0.1) is 12.7 Å². The summed E-state index contributed by atoms with van der Waals surface area (Å²) in [5.41, 5.74) is 2.98. The average molecular weight is 273 g/mol. The van der Waals surface area contributed by atoms with E-state index in [1.165, 1.54) is 19.2 Å². The van der Waals surface area contributed by atoms with E-state index in [1.54, 1.807) is 24.3 Å². The van der Waals surface area contributed by atoms with E-state index in [0.29, 0.717) is 17.8 Å². The maximum atomic E-state index is 13.2. The molecule has 0 aromatic heterocycles. The number of rotatable bonds is 4. The fourth-order valence-electron chi connectivity index (χ4n) is 1.95. The van der Waals surface area contributed by atoms with Crippen LogP contribution < -0.4 is 5.32 Å². The minimum absolute atomic E-state index is 0.270. The summed E-state index contributed by atoms with van der Waals surface area (Å²) in [7, 11) is 1.34. The number of carbonyl (C=O) groups is 1. The maximum Gasteiger partial charge on any atom is 0.339 e. The van der Waals surface area contributed by atoms with E-state index in [2.05, 4.69) is 5.32 Å². The number of halogens is 1. The topological polar surface area (TPSA) is 38.3 Å². The zero-order chi connectivity index (χ0) is 14.5. The summed E-state index contributed by atoms with van der Waals surface area (Å²) in [5, 5.41) is 3.15. The first kappa shape index (κ1) is 14.1. The van der Waals surface area contributed by atoms with Crippen LogP contribution in [0.25, 0.3) is 0 Å². The van der Waals surface area contributed by atoms with Gasteiger partial charge in [0.05, 0.1) is 12.7 Å². The Morgan fingerprint density at radius 2 is 2.00 bits per heavy atom. The summed E-state index contributed by atoms with van der Waals surface area (Å²) in [6, 6.07) is 11.7. The minimum atomic E-state index is -0.399. The van der Waals surface area contributed by atoms with Gasteiger partial charge in [0.15, 0.2) is 0 Å². The standard InChI is InChI=1S/C16H16FNO2/c1-11-7-8-13(17)9-12(11)10-18-15-6-4-3-5-14(15)16(19)20-2/h3-9,18H,10H2,1-2H3. The van der Waals surface area contributed by atoms with Crippen LogP contribution in [0.2, 0.25) is 0 Å². The number of hydrogen-bond donors (Lipinski definition) is 1. The molecular formula is C16H16FNO2. The summed E-state index contributed by atoms with van der Waals surface area (Å²) in [6.45, 7) is 2.36. The van der Waals surface area contributed by atoms with E-state index >= 15 is 0 Å². The fraction of sp³-hybridized carbons (Fsp3) is 0.188. The highest BCUT2D eigenvalue weighted by molar-refractivity contribution is 5.95. The van der Waals surface area contributed by atoms with Crippen LogP contribution in [0.3, 0.4) is 0 Å². The second-order valence-electron chi connectivity index (χ2n) is 4.46. The largest absolute Gasteiger partial charge is 0.465 e. The summed E-state index contributed by atoms with van der Waals surface area (Å²) in [6.07, 6.45) is 0. The smallest absolute Gasteiger partial charge is 0.339 e. The lowest BCUT2D eigenvalue weighted by molar-refractivity contribution is 0.0602. The molecule has 0 bridgehead atoms. The molecule has 0 amide bonds. The Bertz CT molecular complexity index is 626. The molecule has 4 heteroatoms. The first-order valence-electron chi connectivity index (χ1n) is 6.28. The second kappa shape index (κ2) is 6.19. The lowest BCUT2D eigenvalue weighted by Gasteiger charge is -2.12. The number of hydrogen-bond acceptors (Lipinski definition) is 3. The third kappa shape index (κ3) is 3.15. The molecule has 3 nitrogen and oxygen atoms in total. The summed E-state index contributed by atoms with van der Waals surface area (Å²) in [4.78, 5) is 11.6. The van der Waals surface area contributed by atoms with Gasteiger partial charge in [0.25, 0.3) is 0 Å². The van der Waals surface area contributed by atoms with Gasteiger partial charge < -0.3 is 10.1 Å². The molecular weight excluding hydrogens is 257 g/mol. The van der Waals surface area contributed by atoms with Crippen LogP contribution in [0.1, 0.15) is 21.5 Å². The van der Waals surface area contributed by atoms with E-state index < -0.39 is 5.97 Å². The quantitative estimate of drug-likeness (QED) is 0.866. The van der Waals surface area contributed by atoms with Gasteiger partial charge in [0.2, 0.25) is 0 Å². The monoisotopic (exact) mass is 273 g/mol. The summed E-state index contributed by atoms with van der Waals surface area (Å²) in [5.74, 6) is -0.669. The molecule has 2 rings (SSSR count). The molecule has 0 saturated carbocycles. The number of ether oxygens (including phenoxy) is 1. The Labute approximate surface area is 117 Å².